The van der Waals surface area contributed by atoms with E-state index in [4.69, 9.17) is 14.2 Å². The number of ketones is 1. The quantitative estimate of drug-likeness (QED) is 0.342. The monoisotopic (exact) mass is 611 g/mol. The molecule has 2 amide bonds. The van der Waals surface area contributed by atoms with Crippen molar-refractivity contribution in [3.63, 3.8) is 0 Å². The number of piperidine rings is 1. The Morgan fingerprint density at radius 3 is 2.72 bits per heavy atom. The first-order chi connectivity index (χ1) is 20.3. The third-order valence-corrected chi connectivity index (χ3v) is 10.2. The topological polar surface area (TPSA) is 119 Å². The van der Waals surface area contributed by atoms with Gasteiger partial charge in [0.2, 0.25) is 0 Å². The van der Waals surface area contributed by atoms with Gasteiger partial charge in [-0.15, -0.1) is 0 Å². The summed E-state index contributed by atoms with van der Waals surface area (Å²) in [4.78, 5) is 41.2. The molecule has 10 nitrogen and oxygen atoms in total. The molecule has 1 spiro atoms. The molecule has 2 heterocycles. The van der Waals surface area contributed by atoms with Gasteiger partial charge in [0, 0.05) is 50.9 Å². The van der Waals surface area contributed by atoms with Gasteiger partial charge in [-0.25, -0.2) is 9.59 Å². The first-order valence-corrected chi connectivity index (χ1v) is 15.1. The number of Topliss-reactive ketones (excluding diaryl/α,β-unsaturated/α-hetero) is 1. The second-order valence-electron chi connectivity index (χ2n) is 12.6. The number of likely N-dealkylation sites (N-methyl/N-ethyl adjacent to an activating group) is 1. The Kier molecular flexibility index (Phi) is 7.81. The van der Waals surface area contributed by atoms with Crippen LogP contribution in [0.4, 0.5) is 9.59 Å². The predicted octanol–water partition coefficient (Wildman–Crippen LogP) is -1.24. The summed E-state index contributed by atoms with van der Waals surface area (Å²) in [7, 11) is 1.58. The van der Waals surface area contributed by atoms with Crippen LogP contribution in [0.1, 0.15) is 48.8 Å². The minimum absolute atomic E-state index is 0. The lowest BCUT2D eigenvalue weighted by Gasteiger charge is -2.60. The van der Waals surface area contributed by atoms with E-state index in [1.165, 1.54) is 22.6 Å². The highest BCUT2D eigenvalue weighted by molar-refractivity contribution is 5.90. The van der Waals surface area contributed by atoms with Gasteiger partial charge in [-0.2, -0.15) is 0 Å². The minimum Gasteiger partial charge on any atom is -1.00 e. The molecule has 5 aliphatic rings. The lowest BCUT2D eigenvalue weighted by molar-refractivity contribution is -0.943. The van der Waals surface area contributed by atoms with Crippen LogP contribution in [-0.2, 0) is 28.0 Å². The molecule has 43 heavy (non-hydrogen) atoms. The van der Waals surface area contributed by atoms with E-state index in [1.807, 2.05) is 36.4 Å². The summed E-state index contributed by atoms with van der Waals surface area (Å²) in [5.74, 6) is 1.42. The number of quaternary nitrogens is 1. The SMILES string of the molecule is CN(CCNC(=O)OCc1ccccc1)C(=O)Oc1ccc2c3c1O[C@H]1C(=O)CC[C@@]4(O)[C@@H](C2)[NH+](CC2CC2)CC[C@]314.[Cl-]. The Labute approximate surface area is 257 Å². The van der Waals surface area contributed by atoms with Crippen molar-refractivity contribution < 1.29 is 51.0 Å². The molecule has 2 aliphatic heterocycles. The van der Waals surface area contributed by atoms with Gasteiger partial charge in [0.1, 0.15) is 18.2 Å². The number of amides is 2. The largest absolute Gasteiger partial charge is 1.00 e. The summed E-state index contributed by atoms with van der Waals surface area (Å²) < 4.78 is 17.4. The maximum Gasteiger partial charge on any atom is 0.415 e. The highest BCUT2D eigenvalue weighted by Crippen LogP contribution is 2.63. The zero-order chi connectivity index (χ0) is 29.1. The third-order valence-electron chi connectivity index (χ3n) is 10.2. The first kappa shape index (κ1) is 29.7. The summed E-state index contributed by atoms with van der Waals surface area (Å²) in [6.45, 7) is 2.51. The van der Waals surface area contributed by atoms with Gasteiger partial charge in [0.15, 0.2) is 23.4 Å². The molecule has 2 aromatic rings. The average Bonchev–Trinajstić information content (AvgIpc) is 3.73. The Balaban J connectivity index is 0.00000329. The molecular weight excluding hydrogens is 574 g/mol. The number of halogens is 1. The Morgan fingerprint density at radius 1 is 1.16 bits per heavy atom. The van der Waals surface area contributed by atoms with Crippen molar-refractivity contribution in [1.29, 1.82) is 0 Å². The Bertz CT molecular complexity index is 1420. The lowest BCUT2D eigenvalue weighted by atomic mass is 9.49. The van der Waals surface area contributed by atoms with Crippen molar-refractivity contribution in [2.75, 3.05) is 33.2 Å². The van der Waals surface area contributed by atoms with Crippen molar-refractivity contribution in [1.82, 2.24) is 10.2 Å². The molecule has 3 N–H and O–H groups in total. The van der Waals surface area contributed by atoms with E-state index in [-0.39, 0.29) is 56.1 Å². The van der Waals surface area contributed by atoms with E-state index < -0.39 is 29.3 Å². The fraction of sp³-hybridized carbons (Fsp3) is 0.531. The van der Waals surface area contributed by atoms with Crippen LogP contribution in [0, 0.1) is 5.92 Å². The molecule has 2 saturated carbocycles. The standard InChI is InChI=1S/C32H37N3O7.ClH/c1-34(16-14-33-29(37)40-19-21-5-3-2-4-6-21)30(38)41-24-10-9-22-17-25-32(39)12-11-23(36)28-31(32,26(22)27(24)42-28)13-15-35(25)18-20-7-8-20;/h2-6,9-10,20,25,28,39H,7-8,11-19H2,1H3,(H,33,37);1H/t25-,28+,31+,32-;/m1./s1. The Hall–Kier alpha value is -3.34. The van der Waals surface area contributed by atoms with Crippen molar-refractivity contribution >= 4 is 18.0 Å². The summed E-state index contributed by atoms with van der Waals surface area (Å²) >= 11 is 0. The molecule has 0 aromatic heterocycles. The summed E-state index contributed by atoms with van der Waals surface area (Å²) in [6.07, 6.45) is 2.70. The fourth-order valence-electron chi connectivity index (χ4n) is 7.92. The normalized spacial score (nSPS) is 29.4. The lowest BCUT2D eigenvalue weighted by Crippen LogP contribution is -3.21. The van der Waals surface area contributed by atoms with Crippen LogP contribution >= 0.6 is 0 Å². The zero-order valence-electron chi connectivity index (χ0n) is 24.3. The van der Waals surface area contributed by atoms with Crippen molar-refractivity contribution in [2.24, 2.45) is 5.92 Å². The molecule has 11 heteroatoms. The number of benzene rings is 2. The van der Waals surface area contributed by atoms with Gasteiger partial charge >= 0.3 is 12.2 Å². The van der Waals surface area contributed by atoms with E-state index >= 15 is 0 Å². The highest BCUT2D eigenvalue weighted by atomic mass is 35.5. The molecule has 1 saturated heterocycles. The number of hydrogen-bond donors (Lipinski definition) is 3. The van der Waals surface area contributed by atoms with Crippen LogP contribution < -0.4 is 32.1 Å². The van der Waals surface area contributed by atoms with Gasteiger partial charge < -0.3 is 46.8 Å². The molecule has 3 aliphatic carbocycles. The molecule has 2 bridgehead atoms. The zero-order valence-corrected chi connectivity index (χ0v) is 25.0. The van der Waals surface area contributed by atoms with Crippen molar-refractivity contribution in [2.45, 2.75) is 68.3 Å². The molecule has 3 fully saturated rings. The van der Waals surface area contributed by atoms with E-state index in [9.17, 15) is 19.5 Å². The first-order valence-electron chi connectivity index (χ1n) is 15.1. The number of nitrogens with one attached hydrogen (secondary N) is 2. The maximum atomic E-state index is 13.3. The van der Waals surface area contributed by atoms with Crippen molar-refractivity contribution in [3.05, 3.63) is 59.2 Å². The predicted molar refractivity (Wildman–Crippen MR) is 151 cm³/mol. The number of carbonyl (C=O) groups is 3. The van der Waals surface area contributed by atoms with Gasteiger partial charge in [0.25, 0.3) is 0 Å². The van der Waals surface area contributed by atoms with Crippen molar-refractivity contribution in [3.8, 4) is 11.5 Å². The number of hydrogen-bond acceptors (Lipinski definition) is 7. The molecule has 0 radical (unpaired) electrons. The molecule has 2 aromatic carbocycles. The fourth-order valence-corrected chi connectivity index (χ4v) is 7.92. The van der Waals surface area contributed by atoms with Crippen LogP contribution in [0.15, 0.2) is 42.5 Å². The highest BCUT2D eigenvalue weighted by Gasteiger charge is 2.75. The van der Waals surface area contributed by atoms with Crippen LogP contribution in [0.2, 0.25) is 0 Å². The van der Waals surface area contributed by atoms with Crippen LogP contribution in [0.25, 0.3) is 0 Å². The number of alkyl carbamates (subject to hydrolysis) is 1. The van der Waals surface area contributed by atoms with Gasteiger partial charge in [-0.1, -0.05) is 36.4 Å². The van der Waals surface area contributed by atoms with E-state index in [0.717, 1.165) is 35.7 Å². The second-order valence-corrected chi connectivity index (χ2v) is 12.6. The number of nitrogens with zero attached hydrogens (tertiary/aromatic N) is 1. The summed E-state index contributed by atoms with van der Waals surface area (Å²) in [5.41, 5.74) is 0.985. The number of ether oxygens (including phenoxy) is 3. The summed E-state index contributed by atoms with van der Waals surface area (Å²) in [6, 6.07) is 13.1. The van der Waals surface area contributed by atoms with Crippen LogP contribution in [-0.4, -0.2) is 78.9 Å². The van der Waals surface area contributed by atoms with E-state index in [2.05, 4.69) is 5.32 Å². The van der Waals surface area contributed by atoms with Gasteiger partial charge in [-0.3, -0.25) is 4.79 Å². The number of rotatable bonds is 8. The maximum absolute atomic E-state index is 13.3. The second kappa shape index (κ2) is 11.3. The number of aliphatic hydroxyl groups is 1. The average molecular weight is 612 g/mol. The van der Waals surface area contributed by atoms with E-state index in [1.54, 1.807) is 13.1 Å². The summed E-state index contributed by atoms with van der Waals surface area (Å²) in [5, 5.41) is 15.1. The molecular formula is C32H38ClN3O7. The Morgan fingerprint density at radius 2 is 1.95 bits per heavy atom. The van der Waals surface area contributed by atoms with Gasteiger partial charge in [-0.05, 0) is 36.5 Å². The smallest absolute Gasteiger partial charge is 0.415 e. The molecule has 5 atom stereocenters. The van der Waals surface area contributed by atoms with Crippen LogP contribution in [0.5, 0.6) is 11.5 Å². The minimum atomic E-state index is -1.04. The molecule has 230 valence electrons. The molecule has 7 rings (SSSR count). The number of carbonyl (C=O) groups excluding carboxylic acids is 3. The number of likely N-dealkylation sites (tertiary alicyclic amines) is 1. The van der Waals surface area contributed by atoms with Gasteiger partial charge in [0.05, 0.1) is 18.5 Å². The van der Waals surface area contributed by atoms with Crippen LogP contribution in [0.3, 0.4) is 0 Å². The molecule has 1 unspecified atom stereocenters. The third kappa shape index (κ3) is 4.93. The van der Waals surface area contributed by atoms with E-state index in [0.29, 0.717) is 25.0 Å².